The number of ether oxygens (including phenoxy) is 1. The van der Waals surface area contributed by atoms with Gasteiger partial charge in [-0.3, -0.25) is 0 Å². The van der Waals surface area contributed by atoms with Gasteiger partial charge in [0.05, 0.1) is 12.2 Å². The summed E-state index contributed by atoms with van der Waals surface area (Å²) in [5.41, 5.74) is 0.500. The third-order valence-corrected chi connectivity index (χ3v) is 5.04. The number of rotatable bonds is 1. The van der Waals surface area contributed by atoms with Crippen LogP contribution >= 0.6 is 0 Å². The Morgan fingerprint density at radius 3 is 2.71 bits per heavy atom. The fourth-order valence-corrected chi connectivity index (χ4v) is 3.79. The molecule has 0 aromatic heterocycles. The molecule has 0 radical (unpaired) electrons. The van der Waals surface area contributed by atoms with E-state index < -0.39 is 0 Å². The van der Waals surface area contributed by atoms with E-state index in [4.69, 9.17) is 4.74 Å². The molecule has 3 saturated heterocycles. The number of fused-ring (bicyclic) bond motifs is 2. The van der Waals surface area contributed by atoms with Crippen molar-refractivity contribution in [3.8, 4) is 0 Å². The normalized spacial score (nSPS) is 57.0. The largest absolute Gasteiger partial charge is 0.375 e. The number of nitrogens with one attached hydrogen (secondary N) is 1. The van der Waals surface area contributed by atoms with Gasteiger partial charge < -0.3 is 10.1 Å². The molecule has 2 bridgehead atoms. The molecule has 0 saturated carbocycles. The maximum atomic E-state index is 5.98. The van der Waals surface area contributed by atoms with Gasteiger partial charge >= 0.3 is 0 Å². The van der Waals surface area contributed by atoms with Crippen molar-refractivity contribution < 1.29 is 4.74 Å². The van der Waals surface area contributed by atoms with Gasteiger partial charge in [-0.2, -0.15) is 0 Å². The van der Waals surface area contributed by atoms with Gasteiger partial charge in [-0.05, 0) is 43.1 Å². The quantitative estimate of drug-likeness (QED) is 0.689. The lowest BCUT2D eigenvalue weighted by atomic mass is 9.65. The topological polar surface area (TPSA) is 21.3 Å². The minimum Gasteiger partial charge on any atom is -0.375 e. The highest BCUT2D eigenvalue weighted by atomic mass is 16.5. The molecular weight excluding hydrogens is 174 g/mol. The lowest BCUT2D eigenvalue weighted by Crippen LogP contribution is -2.39. The van der Waals surface area contributed by atoms with E-state index in [0.717, 1.165) is 11.8 Å². The Balaban J connectivity index is 1.81. The van der Waals surface area contributed by atoms with Crippen molar-refractivity contribution in [2.75, 3.05) is 13.1 Å². The molecule has 0 spiro atoms. The van der Waals surface area contributed by atoms with Crippen LogP contribution in [0, 0.1) is 17.3 Å². The van der Waals surface area contributed by atoms with E-state index in [1.807, 2.05) is 0 Å². The third kappa shape index (κ3) is 1.10. The molecule has 1 N–H and O–H groups in total. The van der Waals surface area contributed by atoms with Gasteiger partial charge in [0.25, 0.3) is 0 Å². The van der Waals surface area contributed by atoms with E-state index in [1.54, 1.807) is 0 Å². The van der Waals surface area contributed by atoms with E-state index in [9.17, 15) is 0 Å². The van der Waals surface area contributed by atoms with Crippen LogP contribution in [0.1, 0.15) is 33.1 Å². The van der Waals surface area contributed by atoms with E-state index in [1.165, 1.54) is 32.4 Å². The molecule has 3 aliphatic rings. The number of hydrogen-bond acceptors (Lipinski definition) is 2. The Hall–Kier alpha value is -0.0800. The van der Waals surface area contributed by atoms with Crippen LogP contribution in [0.15, 0.2) is 0 Å². The zero-order chi connectivity index (χ0) is 9.76. The van der Waals surface area contributed by atoms with Crippen molar-refractivity contribution in [3.05, 3.63) is 0 Å². The van der Waals surface area contributed by atoms with Crippen LogP contribution in [0.2, 0.25) is 0 Å². The molecule has 0 amide bonds. The molecule has 5 atom stereocenters. The number of hydrogen-bond donors (Lipinski definition) is 1. The summed E-state index contributed by atoms with van der Waals surface area (Å²) in [4.78, 5) is 0. The molecule has 0 aromatic rings. The van der Waals surface area contributed by atoms with Gasteiger partial charge in [0.1, 0.15) is 0 Å². The molecule has 3 rings (SSSR count). The Morgan fingerprint density at radius 2 is 2.21 bits per heavy atom. The maximum absolute atomic E-state index is 5.98. The summed E-state index contributed by atoms with van der Waals surface area (Å²) >= 11 is 0. The molecule has 2 heteroatoms. The van der Waals surface area contributed by atoms with E-state index in [0.29, 0.717) is 17.6 Å². The molecule has 0 aliphatic carbocycles. The van der Waals surface area contributed by atoms with Crippen molar-refractivity contribution in [3.63, 3.8) is 0 Å². The van der Waals surface area contributed by atoms with Crippen molar-refractivity contribution in [1.82, 2.24) is 5.32 Å². The van der Waals surface area contributed by atoms with E-state index in [-0.39, 0.29) is 0 Å². The van der Waals surface area contributed by atoms with Crippen LogP contribution in [0.5, 0.6) is 0 Å². The highest BCUT2D eigenvalue weighted by Crippen LogP contribution is 2.51. The lowest BCUT2D eigenvalue weighted by molar-refractivity contribution is 0.0494. The summed E-state index contributed by atoms with van der Waals surface area (Å²) in [6, 6.07) is 0. The van der Waals surface area contributed by atoms with Crippen LogP contribution < -0.4 is 5.32 Å². The highest BCUT2D eigenvalue weighted by Gasteiger charge is 2.52. The molecule has 3 aliphatic heterocycles. The Bertz CT molecular complexity index is 242. The maximum Gasteiger partial charge on any atom is 0.0614 e. The first-order valence-corrected chi connectivity index (χ1v) is 6.06. The van der Waals surface area contributed by atoms with Gasteiger partial charge in [-0.15, -0.1) is 0 Å². The second-order valence-electron chi connectivity index (χ2n) is 5.75. The minimum atomic E-state index is 0.500. The van der Waals surface area contributed by atoms with Gasteiger partial charge in [0.15, 0.2) is 0 Å². The Kier molecular flexibility index (Phi) is 1.94. The molecule has 80 valence electrons. The smallest absolute Gasteiger partial charge is 0.0614 e. The van der Waals surface area contributed by atoms with Crippen LogP contribution in [0.4, 0.5) is 0 Å². The summed E-state index contributed by atoms with van der Waals surface area (Å²) in [5.74, 6) is 1.64. The molecule has 3 heterocycles. The molecule has 3 fully saturated rings. The SMILES string of the molecule is CC1CNCC1(C)C1CC2CCC1O2. The van der Waals surface area contributed by atoms with Crippen molar-refractivity contribution in [2.24, 2.45) is 17.3 Å². The predicted molar refractivity (Wildman–Crippen MR) is 56.1 cm³/mol. The molecular formula is C12H21NO. The average molecular weight is 195 g/mol. The minimum absolute atomic E-state index is 0.500. The van der Waals surface area contributed by atoms with Crippen LogP contribution in [-0.2, 0) is 4.74 Å². The van der Waals surface area contributed by atoms with Crippen LogP contribution in [0.25, 0.3) is 0 Å². The van der Waals surface area contributed by atoms with E-state index in [2.05, 4.69) is 19.2 Å². The Labute approximate surface area is 86.4 Å². The van der Waals surface area contributed by atoms with Crippen molar-refractivity contribution >= 4 is 0 Å². The first kappa shape index (κ1) is 9.17. The lowest BCUT2D eigenvalue weighted by Gasteiger charge is -2.38. The monoisotopic (exact) mass is 195 g/mol. The van der Waals surface area contributed by atoms with Gasteiger partial charge in [-0.25, -0.2) is 0 Å². The fraction of sp³-hybridized carbons (Fsp3) is 1.00. The Morgan fingerprint density at radius 1 is 1.36 bits per heavy atom. The first-order chi connectivity index (χ1) is 6.70. The molecule has 2 nitrogen and oxygen atoms in total. The van der Waals surface area contributed by atoms with Crippen LogP contribution in [0.3, 0.4) is 0 Å². The zero-order valence-electron chi connectivity index (χ0n) is 9.25. The fourth-order valence-electron chi connectivity index (χ4n) is 3.79. The summed E-state index contributed by atoms with van der Waals surface area (Å²) in [5, 5.41) is 3.54. The van der Waals surface area contributed by atoms with E-state index >= 15 is 0 Å². The molecule has 0 aromatic carbocycles. The summed E-state index contributed by atoms with van der Waals surface area (Å²) < 4.78 is 5.98. The van der Waals surface area contributed by atoms with Gasteiger partial charge in [-0.1, -0.05) is 13.8 Å². The molecule has 14 heavy (non-hydrogen) atoms. The highest BCUT2D eigenvalue weighted by molar-refractivity contribution is 5.03. The van der Waals surface area contributed by atoms with Gasteiger partial charge in [0, 0.05) is 6.54 Å². The van der Waals surface area contributed by atoms with Crippen molar-refractivity contribution in [2.45, 2.75) is 45.3 Å². The summed E-state index contributed by atoms with van der Waals surface area (Å²) in [6.07, 6.45) is 5.16. The third-order valence-electron chi connectivity index (χ3n) is 5.04. The zero-order valence-corrected chi connectivity index (χ0v) is 9.25. The van der Waals surface area contributed by atoms with Crippen LogP contribution in [-0.4, -0.2) is 25.3 Å². The second-order valence-corrected chi connectivity index (χ2v) is 5.75. The summed E-state index contributed by atoms with van der Waals surface area (Å²) in [7, 11) is 0. The van der Waals surface area contributed by atoms with Crippen molar-refractivity contribution in [1.29, 1.82) is 0 Å². The average Bonchev–Trinajstić information content (AvgIpc) is 2.83. The standard InChI is InChI=1S/C12H21NO/c1-8-6-13-7-12(8,2)10-5-9-3-4-11(10)14-9/h8-11,13H,3-7H2,1-2H3. The van der Waals surface area contributed by atoms with Gasteiger partial charge in [0.2, 0.25) is 0 Å². The summed E-state index contributed by atoms with van der Waals surface area (Å²) in [6.45, 7) is 7.26. The first-order valence-electron chi connectivity index (χ1n) is 6.06. The molecule has 5 unspecified atom stereocenters. The second kappa shape index (κ2) is 2.96. The predicted octanol–water partition coefficient (Wildman–Crippen LogP) is 1.80.